The van der Waals surface area contributed by atoms with E-state index < -0.39 is 0 Å². The number of halogens is 1. The van der Waals surface area contributed by atoms with Crippen LogP contribution in [0.25, 0.3) is 0 Å². The number of carbonyl (C=O) groups excluding carboxylic acids is 1. The fourth-order valence-electron chi connectivity index (χ4n) is 3.23. The van der Waals surface area contributed by atoms with E-state index >= 15 is 0 Å². The molecule has 3 aromatic carbocycles. The number of guanidine groups is 1. The van der Waals surface area contributed by atoms with E-state index in [-0.39, 0.29) is 29.9 Å². The fraction of sp³-hybridized carbons (Fsp3) is 0.231. The van der Waals surface area contributed by atoms with Gasteiger partial charge in [-0.25, -0.2) is 0 Å². The van der Waals surface area contributed by atoms with Gasteiger partial charge in [-0.1, -0.05) is 54.6 Å². The van der Waals surface area contributed by atoms with Crippen molar-refractivity contribution in [3.05, 3.63) is 101 Å². The van der Waals surface area contributed by atoms with E-state index in [4.69, 9.17) is 4.74 Å². The highest BCUT2D eigenvalue weighted by molar-refractivity contribution is 14.0. The van der Waals surface area contributed by atoms with E-state index in [0.29, 0.717) is 25.3 Å². The lowest BCUT2D eigenvalue weighted by Crippen LogP contribution is -2.37. The first-order chi connectivity index (χ1) is 15.7. The molecule has 33 heavy (non-hydrogen) atoms. The molecule has 3 aromatic rings. The van der Waals surface area contributed by atoms with Gasteiger partial charge in [0.1, 0.15) is 12.4 Å². The molecular weight excluding hydrogens is 527 g/mol. The number of nitrogens with zero attached hydrogens (tertiary/aromatic N) is 1. The highest BCUT2D eigenvalue weighted by Crippen LogP contribution is 2.15. The first-order valence-electron chi connectivity index (χ1n) is 10.7. The van der Waals surface area contributed by atoms with E-state index in [1.807, 2.05) is 60.7 Å². The van der Waals surface area contributed by atoms with Crippen LogP contribution in [0.4, 0.5) is 0 Å². The smallest absolute Gasteiger partial charge is 0.251 e. The van der Waals surface area contributed by atoms with Gasteiger partial charge in [0, 0.05) is 32.7 Å². The predicted molar refractivity (Wildman–Crippen MR) is 144 cm³/mol. The van der Waals surface area contributed by atoms with Crippen LogP contribution in [0, 0.1) is 0 Å². The molecule has 0 spiro atoms. The number of aliphatic imine (C=N–C) groups is 1. The number of ether oxygens (including phenoxy) is 1. The van der Waals surface area contributed by atoms with Crippen LogP contribution in [0.3, 0.4) is 0 Å². The Balaban J connectivity index is 0.00000385. The summed E-state index contributed by atoms with van der Waals surface area (Å²) in [6.45, 7) is 1.88. The normalized spacial score (nSPS) is 10.7. The molecule has 1 amide bonds. The summed E-state index contributed by atoms with van der Waals surface area (Å²) < 4.78 is 5.91. The van der Waals surface area contributed by atoms with Gasteiger partial charge in [0.25, 0.3) is 5.91 Å². The van der Waals surface area contributed by atoms with Crippen LogP contribution < -0.4 is 20.7 Å². The van der Waals surface area contributed by atoms with Crippen LogP contribution in [0.2, 0.25) is 0 Å². The Morgan fingerprint density at radius 3 is 2.36 bits per heavy atom. The molecule has 0 bridgehead atoms. The van der Waals surface area contributed by atoms with Gasteiger partial charge in [0.15, 0.2) is 5.96 Å². The second kappa shape index (κ2) is 14.2. The molecule has 0 aromatic heterocycles. The molecule has 0 atom stereocenters. The molecule has 0 unspecified atom stereocenters. The van der Waals surface area contributed by atoms with Crippen LogP contribution in [-0.4, -0.2) is 32.5 Å². The lowest BCUT2D eigenvalue weighted by Gasteiger charge is -2.13. The van der Waals surface area contributed by atoms with Crippen LogP contribution in [0.1, 0.15) is 27.0 Å². The monoisotopic (exact) mass is 558 g/mol. The number of nitrogens with one attached hydrogen (secondary N) is 3. The first kappa shape index (κ1) is 26.2. The molecule has 7 heteroatoms. The van der Waals surface area contributed by atoms with Crippen molar-refractivity contribution in [1.82, 2.24) is 16.0 Å². The number of benzene rings is 3. The molecular formula is C26H31IN4O2. The van der Waals surface area contributed by atoms with Gasteiger partial charge in [-0.05, 0) is 47.4 Å². The maximum atomic E-state index is 11.8. The zero-order chi connectivity index (χ0) is 22.6. The Hall–Kier alpha value is -3.07. The number of amides is 1. The van der Waals surface area contributed by atoms with Crippen LogP contribution >= 0.6 is 24.0 Å². The van der Waals surface area contributed by atoms with Gasteiger partial charge < -0.3 is 20.7 Å². The van der Waals surface area contributed by atoms with Crippen molar-refractivity contribution < 1.29 is 9.53 Å². The Labute approximate surface area is 212 Å². The molecule has 6 nitrogen and oxygen atoms in total. The third kappa shape index (κ3) is 8.76. The van der Waals surface area contributed by atoms with Gasteiger partial charge in [-0.3, -0.25) is 9.79 Å². The Morgan fingerprint density at radius 1 is 0.879 bits per heavy atom. The summed E-state index contributed by atoms with van der Waals surface area (Å²) in [6.07, 6.45) is 0.786. The standard InChI is InChI=1S/C26H30N4O2.HI/c1-27-25(31)23-12-6-10-20(16-23)14-15-29-26(28-2)30-18-22-11-7-13-24(17-22)32-19-21-8-4-3-5-9-21;/h3-13,16-17H,14-15,18-19H2,1-2H3,(H,27,31)(H2,28,29,30);1H. The maximum absolute atomic E-state index is 11.8. The lowest BCUT2D eigenvalue weighted by molar-refractivity contribution is 0.0963. The molecule has 0 aliphatic rings. The molecule has 0 fully saturated rings. The molecule has 3 rings (SSSR count). The molecule has 0 saturated carbocycles. The predicted octanol–water partition coefficient (Wildman–Crippen LogP) is 4.15. The van der Waals surface area contributed by atoms with Crippen LogP contribution in [0.5, 0.6) is 5.75 Å². The summed E-state index contributed by atoms with van der Waals surface area (Å²) >= 11 is 0. The van der Waals surface area contributed by atoms with Crippen molar-refractivity contribution in [2.75, 3.05) is 20.6 Å². The van der Waals surface area contributed by atoms with E-state index in [2.05, 4.69) is 39.1 Å². The second-order valence-electron chi connectivity index (χ2n) is 7.30. The van der Waals surface area contributed by atoms with Crippen LogP contribution in [-0.2, 0) is 19.6 Å². The lowest BCUT2D eigenvalue weighted by atomic mass is 10.1. The Bertz CT molecular complexity index is 1040. The van der Waals surface area contributed by atoms with Gasteiger partial charge in [-0.15, -0.1) is 24.0 Å². The molecule has 0 saturated heterocycles. The molecule has 174 valence electrons. The Morgan fingerprint density at radius 2 is 1.61 bits per heavy atom. The molecule has 0 radical (unpaired) electrons. The average Bonchev–Trinajstić information content (AvgIpc) is 2.85. The minimum Gasteiger partial charge on any atom is -0.489 e. The van der Waals surface area contributed by atoms with Crippen LogP contribution in [0.15, 0.2) is 83.9 Å². The van der Waals surface area contributed by atoms with Crippen molar-refractivity contribution in [3.63, 3.8) is 0 Å². The highest BCUT2D eigenvalue weighted by atomic mass is 127. The number of hydrogen-bond donors (Lipinski definition) is 3. The fourth-order valence-corrected chi connectivity index (χ4v) is 3.23. The summed E-state index contributed by atoms with van der Waals surface area (Å²) in [5.41, 5.74) is 4.01. The third-order valence-corrected chi connectivity index (χ3v) is 4.95. The largest absolute Gasteiger partial charge is 0.489 e. The maximum Gasteiger partial charge on any atom is 0.251 e. The van der Waals surface area contributed by atoms with Gasteiger partial charge in [0.2, 0.25) is 0 Å². The van der Waals surface area contributed by atoms with E-state index in [0.717, 1.165) is 34.8 Å². The van der Waals surface area contributed by atoms with Crippen molar-refractivity contribution in [3.8, 4) is 5.75 Å². The molecule has 0 aliphatic heterocycles. The summed E-state index contributed by atoms with van der Waals surface area (Å²) in [6, 6.07) is 25.8. The molecule has 0 heterocycles. The van der Waals surface area contributed by atoms with Gasteiger partial charge in [-0.2, -0.15) is 0 Å². The van der Waals surface area contributed by atoms with E-state index in [1.54, 1.807) is 14.1 Å². The molecule has 3 N–H and O–H groups in total. The van der Waals surface area contributed by atoms with Crippen molar-refractivity contribution in [2.45, 2.75) is 19.6 Å². The van der Waals surface area contributed by atoms with E-state index in [1.165, 1.54) is 0 Å². The minimum absolute atomic E-state index is 0. The summed E-state index contributed by atoms with van der Waals surface area (Å²) in [7, 11) is 3.39. The average molecular weight is 558 g/mol. The summed E-state index contributed by atoms with van der Waals surface area (Å²) in [4.78, 5) is 16.1. The highest BCUT2D eigenvalue weighted by Gasteiger charge is 2.05. The topological polar surface area (TPSA) is 74.8 Å². The Kier molecular flexibility index (Phi) is 11.2. The summed E-state index contributed by atoms with van der Waals surface area (Å²) in [5.74, 6) is 1.49. The summed E-state index contributed by atoms with van der Waals surface area (Å²) in [5, 5.41) is 9.30. The van der Waals surface area contributed by atoms with Crippen molar-refractivity contribution >= 4 is 35.8 Å². The quantitative estimate of drug-likeness (QED) is 0.210. The minimum atomic E-state index is -0.0766. The van der Waals surface area contributed by atoms with Crippen molar-refractivity contribution in [1.29, 1.82) is 0 Å². The zero-order valence-electron chi connectivity index (χ0n) is 19.0. The zero-order valence-corrected chi connectivity index (χ0v) is 21.3. The SMILES string of the molecule is CN=C(NCCc1cccc(C(=O)NC)c1)NCc1cccc(OCc2ccccc2)c1.I. The van der Waals surface area contributed by atoms with E-state index in [9.17, 15) is 4.79 Å². The van der Waals surface area contributed by atoms with Gasteiger partial charge >= 0.3 is 0 Å². The van der Waals surface area contributed by atoms with Gasteiger partial charge in [0.05, 0.1) is 0 Å². The van der Waals surface area contributed by atoms with Crippen molar-refractivity contribution in [2.24, 2.45) is 4.99 Å². The third-order valence-electron chi connectivity index (χ3n) is 4.95. The molecule has 0 aliphatic carbocycles. The number of hydrogen-bond acceptors (Lipinski definition) is 3. The number of rotatable bonds is 9. The second-order valence-corrected chi connectivity index (χ2v) is 7.30. The number of carbonyl (C=O) groups is 1. The first-order valence-corrected chi connectivity index (χ1v) is 10.7.